The highest BCUT2D eigenvalue weighted by Crippen LogP contribution is 2.37. The Bertz CT molecular complexity index is 1780. The number of aliphatic hydroxyl groups excluding tert-OH is 1. The van der Waals surface area contributed by atoms with Crippen LogP contribution in [0.5, 0.6) is 0 Å². The molecule has 3 amide bonds. The van der Waals surface area contributed by atoms with Crippen molar-refractivity contribution in [3.05, 3.63) is 64.4 Å². The third-order valence-corrected chi connectivity index (χ3v) is 10.3. The van der Waals surface area contributed by atoms with E-state index < -0.39 is 0 Å². The smallest absolute Gasteiger partial charge is 0.251 e. The Labute approximate surface area is 297 Å². The van der Waals surface area contributed by atoms with E-state index >= 15 is 0 Å². The number of carbonyl (C=O) groups excluding carboxylic acids is 3. The van der Waals surface area contributed by atoms with Crippen molar-refractivity contribution in [3.8, 4) is 0 Å². The van der Waals surface area contributed by atoms with Gasteiger partial charge in [-0.3, -0.25) is 19.3 Å². The molecule has 0 saturated carbocycles. The van der Waals surface area contributed by atoms with Gasteiger partial charge in [0.25, 0.3) is 5.91 Å². The Morgan fingerprint density at radius 2 is 1.46 bits per heavy atom. The Kier molecular flexibility index (Phi) is 9.80. The SMILES string of the molecule is CC(C)NC(=O)c1ccc(N2CCN(Cc3cnc4c(c3)NC(=O)[C@@H]3CCCN43)CC2)c(Cl)c1.O=C1Nc2cc(CO)cnc2N2CCC[C@@H]12. The second-order valence-corrected chi connectivity index (χ2v) is 14.2. The highest BCUT2D eigenvalue weighted by Gasteiger charge is 2.38. The summed E-state index contributed by atoms with van der Waals surface area (Å²) in [6, 6.07) is 9.34. The number of hydrogen-bond acceptors (Lipinski definition) is 10. The topological polar surface area (TPSA) is 146 Å². The molecule has 0 radical (unpaired) electrons. The molecule has 3 aromatic rings. The van der Waals surface area contributed by atoms with Crippen LogP contribution in [0.2, 0.25) is 5.02 Å². The van der Waals surface area contributed by atoms with Gasteiger partial charge in [0.1, 0.15) is 12.1 Å². The number of aromatic nitrogens is 2. The highest BCUT2D eigenvalue weighted by atomic mass is 35.5. The highest BCUT2D eigenvalue weighted by molar-refractivity contribution is 6.33. The van der Waals surface area contributed by atoms with Crippen molar-refractivity contribution < 1.29 is 19.5 Å². The van der Waals surface area contributed by atoms with Crippen molar-refractivity contribution in [2.45, 2.75) is 70.8 Å². The molecule has 5 aliphatic rings. The summed E-state index contributed by atoms with van der Waals surface area (Å²) in [7, 11) is 0. The number of halogens is 1. The molecule has 0 bridgehead atoms. The molecule has 3 fully saturated rings. The zero-order valence-electron chi connectivity index (χ0n) is 28.5. The molecule has 5 aliphatic heterocycles. The molecule has 3 saturated heterocycles. The van der Waals surface area contributed by atoms with Gasteiger partial charge in [0.2, 0.25) is 11.8 Å². The van der Waals surface area contributed by atoms with Gasteiger partial charge in [-0.25, -0.2) is 9.97 Å². The fraction of sp³-hybridized carbons (Fsp3) is 0.472. The number of carbonyl (C=O) groups is 3. The maximum Gasteiger partial charge on any atom is 0.251 e. The van der Waals surface area contributed by atoms with Crippen LogP contribution in [0.1, 0.15) is 61.0 Å². The van der Waals surface area contributed by atoms with Crippen molar-refractivity contribution in [1.29, 1.82) is 0 Å². The number of nitrogens with one attached hydrogen (secondary N) is 3. The molecular formula is C36H44ClN9O4. The lowest BCUT2D eigenvalue weighted by molar-refractivity contribution is -0.118. The zero-order chi connectivity index (χ0) is 34.9. The van der Waals surface area contributed by atoms with Crippen molar-refractivity contribution in [3.63, 3.8) is 0 Å². The van der Waals surface area contributed by atoms with E-state index in [4.69, 9.17) is 21.7 Å². The first-order valence-electron chi connectivity index (χ1n) is 17.5. The van der Waals surface area contributed by atoms with E-state index in [9.17, 15) is 14.4 Å². The molecule has 1 aromatic carbocycles. The Hall–Kier alpha value is -4.46. The van der Waals surface area contributed by atoms with E-state index in [1.165, 1.54) is 0 Å². The first-order valence-corrected chi connectivity index (χ1v) is 17.9. The fourth-order valence-corrected chi connectivity index (χ4v) is 7.79. The van der Waals surface area contributed by atoms with Gasteiger partial charge in [0.15, 0.2) is 11.6 Å². The minimum absolute atomic E-state index is 0.0434. The van der Waals surface area contributed by atoms with Gasteiger partial charge in [0, 0.05) is 69.8 Å². The molecule has 50 heavy (non-hydrogen) atoms. The molecule has 14 heteroatoms. The van der Waals surface area contributed by atoms with E-state index in [2.05, 4.69) is 46.6 Å². The molecule has 4 N–H and O–H groups in total. The molecule has 13 nitrogen and oxygen atoms in total. The normalized spacial score (nSPS) is 21.0. The van der Waals surface area contributed by atoms with E-state index in [1.54, 1.807) is 18.3 Å². The summed E-state index contributed by atoms with van der Waals surface area (Å²) in [5, 5.41) is 18.4. The lowest BCUT2D eigenvalue weighted by atomic mass is 10.1. The second-order valence-electron chi connectivity index (χ2n) is 13.8. The third-order valence-electron chi connectivity index (χ3n) is 9.95. The van der Waals surface area contributed by atoms with Crippen LogP contribution < -0.4 is 30.7 Å². The van der Waals surface area contributed by atoms with Crippen LogP contribution in [0.15, 0.2) is 42.7 Å². The zero-order valence-corrected chi connectivity index (χ0v) is 29.2. The van der Waals surface area contributed by atoms with Gasteiger partial charge in [-0.1, -0.05) is 11.6 Å². The summed E-state index contributed by atoms with van der Waals surface area (Å²) in [6.07, 6.45) is 7.46. The summed E-state index contributed by atoms with van der Waals surface area (Å²) in [4.78, 5) is 54.3. The maximum absolute atomic E-state index is 12.4. The second kappa shape index (κ2) is 14.4. The van der Waals surface area contributed by atoms with Crippen LogP contribution in [0.3, 0.4) is 0 Å². The van der Waals surface area contributed by atoms with Gasteiger partial charge >= 0.3 is 0 Å². The molecule has 7 heterocycles. The van der Waals surface area contributed by atoms with Gasteiger partial charge in [0.05, 0.1) is 28.7 Å². The van der Waals surface area contributed by atoms with Gasteiger partial charge < -0.3 is 35.8 Å². The molecule has 8 rings (SSSR count). The first-order chi connectivity index (χ1) is 24.2. The molecule has 2 aromatic heterocycles. The quantitative estimate of drug-likeness (QED) is 0.301. The van der Waals surface area contributed by atoms with Crippen LogP contribution >= 0.6 is 11.6 Å². The van der Waals surface area contributed by atoms with E-state index in [-0.39, 0.29) is 42.5 Å². The van der Waals surface area contributed by atoms with Crippen LogP contribution in [0.4, 0.5) is 28.7 Å². The molecule has 2 atom stereocenters. The van der Waals surface area contributed by atoms with Crippen LogP contribution in [0, 0.1) is 0 Å². The molecule has 0 aliphatic carbocycles. The molecule has 264 valence electrons. The van der Waals surface area contributed by atoms with Gasteiger partial charge in [-0.15, -0.1) is 0 Å². The van der Waals surface area contributed by atoms with Crippen molar-refractivity contribution in [2.24, 2.45) is 0 Å². The number of pyridine rings is 2. The van der Waals surface area contributed by atoms with E-state index in [0.29, 0.717) is 10.6 Å². The summed E-state index contributed by atoms with van der Waals surface area (Å²) in [5.74, 6) is 1.75. The number of aliphatic hydroxyl groups is 1. The third kappa shape index (κ3) is 6.94. The largest absolute Gasteiger partial charge is 0.392 e. The fourth-order valence-electron chi connectivity index (χ4n) is 7.49. The Morgan fingerprint density at radius 3 is 2.02 bits per heavy atom. The molecular weight excluding hydrogens is 658 g/mol. The van der Waals surface area contributed by atoms with Crippen molar-refractivity contribution in [1.82, 2.24) is 20.2 Å². The maximum atomic E-state index is 12.4. The number of amides is 3. The number of anilines is 5. The minimum Gasteiger partial charge on any atom is -0.392 e. The number of rotatable bonds is 6. The number of fused-ring (bicyclic) bond motifs is 6. The number of hydrogen-bond donors (Lipinski definition) is 4. The standard InChI is InChI=1S/C25H31ClN6O2.C11H13N3O2/c1-16(2)28-24(33)18-5-6-21(19(26)13-18)31-10-8-30(9-11-31)15-17-12-20-23(27-14-17)32-7-3-4-22(32)25(34)29-20;15-6-7-4-8-10(12-5-7)14-3-1-2-9(14)11(16)13-8/h5-6,12-14,16,22H,3-4,7-11,15H2,1-2H3,(H,28,33)(H,29,34);4-5,9,15H,1-3,6H2,(H,13,16)/t22-;9-/m00/s1. The van der Waals surface area contributed by atoms with Gasteiger partial charge in [-0.2, -0.15) is 0 Å². The predicted molar refractivity (Wildman–Crippen MR) is 194 cm³/mol. The number of nitrogens with zero attached hydrogens (tertiary/aromatic N) is 6. The van der Waals surface area contributed by atoms with E-state index in [0.717, 1.165) is 111 Å². The average Bonchev–Trinajstić information content (AvgIpc) is 3.81. The average molecular weight is 702 g/mol. The van der Waals surface area contributed by atoms with Crippen molar-refractivity contribution >= 4 is 58.0 Å². The summed E-state index contributed by atoms with van der Waals surface area (Å²) >= 11 is 6.55. The predicted octanol–water partition coefficient (Wildman–Crippen LogP) is 3.61. The Balaban J connectivity index is 0.000000203. The lowest BCUT2D eigenvalue weighted by Crippen LogP contribution is -2.46. The molecule has 0 unspecified atom stereocenters. The van der Waals surface area contributed by atoms with Crippen LogP contribution in [-0.4, -0.2) is 95.1 Å². The van der Waals surface area contributed by atoms with E-state index in [1.807, 2.05) is 32.2 Å². The Morgan fingerprint density at radius 1 is 0.880 bits per heavy atom. The summed E-state index contributed by atoms with van der Waals surface area (Å²) < 4.78 is 0. The first kappa shape index (κ1) is 34.0. The lowest BCUT2D eigenvalue weighted by Gasteiger charge is -2.37. The monoisotopic (exact) mass is 701 g/mol. The number of piperazine rings is 1. The van der Waals surface area contributed by atoms with Crippen LogP contribution in [0.25, 0.3) is 0 Å². The van der Waals surface area contributed by atoms with Gasteiger partial charge in [-0.05, 0) is 81.0 Å². The minimum atomic E-state index is -0.108. The molecule has 0 spiro atoms. The number of benzene rings is 1. The summed E-state index contributed by atoms with van der Waals surface area (Å²) in [5.41, 5.74) is 4.90. The van der Waals surface area contributed by atoms with Crippen molar-refractivity contribution in [2.75, 3.05) is 64.6 Å². The van der Waals surface area contributed by atoms with Crippen LogP contribution in [-0.2, 0) is 22.7 Å². The summed E-state index contributed by atoms with van der Waals surface area (Å²) in [6.45, 7) is 9.87.